The molecule has 0 saturated heterocycles. The van der Waals surface area contributed by atoms with Gasteiger partial charge in [0.2, 0.25) is 0 Å². The van der Waals surface area contributed by atoms with E-state index < -0.39 is 11.7 Å². The highest BCUT2D eigenvalue weighted by atomic mass is 79.9. The van der Waals surface area contributed by atoms with Gasteiger partial charge in [0.15, 0.2) is 0 Å². The fraction of sp³-hybridized carbons (Fsp3) is 0.643. The predicted octanol–water partition coefficient (Wildman–Crippen LogP) is 5.63. The lowest BCUT2D eigenvalue weighted by Gasteiger charge is -2.18. The molecular weight excluding hydrogens is 333 g/mol. The molecular formula is C14H20BrF3N2. The summed E-state index contributed by atoms with van der Waals surface area (Å²) < 4.78 is 39.1. The van der Waals surface area contributed by atoms with Gasteiger partial charge in [-0.3, -0.25) is 0 Å². The summed E-state index contributed by atoms with van der Waals surface area (Å²) in [6.07, 6.45) is 2.26. The van der Waals surface area contributed by atoms with Crippen LogP contribution in [0.5, 0.6) is 0 Å². The van der Waals surface area contributed by atoms with Crippen LogP contribution in [-0.2, 0) is 6.18 Å². The molecule has 1 rings (SSSR count). The van der Waals surface area contributed by atoms with Crippen LogP contribution in [0.15, 0.2) is 16.7 Å². The van der Waals surface area contributed by atoms with E-state index in [-0.39, 0.29) is 11.9 Å². The van der Waals surface area contributed by atoms with Crippen LogP contribution in [0.2, 0.25) is 0 Å². The number of pyridine rings is 1. The Morgan fingerprint density at radius 3 is 2.60 bits per heavy atom. The van der Waals surface area contributed by atoms with Crippen LogP contribution >= 0.6 is 15.9 Å². The Morgan fingerprint density at radius 2 is 2.00 bits per heavy atom. The van der Waals surface area contributed by atoms with Gasteiger partial charge < -0.3 is 5.32 Å². The first-order valence-electron chi connectivity index (χ1n) is 6.84. The molecule has 1 aromatic heterocycles. The number of aromatic nitrogens is 1. The fourth-order valence-corrected chi connectivity index (χ4v) is 2.28. The smallest absolute Gasteiger partial charge is 0.367 e. The van der Waals surface area contributed by atoms with Gasteiger partial charge in [-0.1, -0.05) is 32.6 Å². The summed E-state index contributed by atoms with van der Waals surface area (Å²) in [5.74, 6) is -0.0938. The van der Waals surface area contributed by atoms with Crippen molar-refractivity contribution < 1.29 is 13.2 Å². The zero-order valence-corrected chi connectivity index (χ0v) is 13.3. The quantitative estimate of drug-likeness (QED) is 0.642. The third-order valence-corrected chi connectivity index (χ3v) is 3.47. The van der Waals surface area contributed by atoms with Crippen molar-refractivity contribution in [2.24, 2.45) is 0 Å². The number of rotatable bonds is 7. The fourth-order valence-electron chi connectivity index (χ4n) is 1.95. The minimum atomic E-state index is -4.40. The van der Waals surface area contributed by atoms with Crippen molar-refractivity contribution in [3.05, 3.63) is 22.3 Å². The Labute approximate surface area is 126 Å². The second-order valence-electron chi connectivity index (χ2n) is 4.94. The van der Waals surface area contributed by atoms with Crippen LogP contribution < -0.4 is 5.32 Å². The Hall–Kier alpha value is -0.780. The molecule has 1 heterocycles. The van der Waals surface area contributed by atoms with E-state index in [0.717, 1.165) is 38.2 Å². The maximum absolute atomic E-state index is 12.9. The van der Waals surface area contributed by atoms with E-state index in [1.807, 2.05) is 6.92 Å². The normalized spacial score (nSPS) is 13.3. The van der Waals surface area contributed by atoms with E-state index >= 15 is 0 Å². The molecule has 0 aliphatic rings. The second-order valence-corrected chi connectivity index (χ2v) is 5.86. The molecule has 1 atom stereocenters. The summed E-state index contributed by atoms with van der Waals surface area (Å²) in [5.41, 5.74) is -0.729. The van der Waals surface area contributed by atoms with E-state index in [9.17, 15) is 13.2 Å². The molecule has 0 saturated carbocycles. The summed E-state index contributed by atoms with van der Waals surface area (Å²) in [6.45, 7) is 4.01. The zero-order chi connectivity index (χ0) is 15.2. The first kappa shape index (κ1) is 17.3. The van der Waals surface area contributed by atoms with E-state index in [1.54, 1.807) is 0 Å². The Kier molecular flexibility index (Phi) is 6.79. The molecule has 0 bridgehead atoms. The number of hydrogen-bond acceptors (Lipinski definition) is 2. The van der Waals surface area contributed by atoms with Crippen LogP contribution in [0.25, 0.3) is 0 Å². The van der Waals surface area contributed by atoms with Crippen LogP contribution in [0.1, 0.15) is 51.5 Å². The van der Waals surface area contributed by atoms with Crippen LogP contribution in [0.4, 0.5) is 19.0 Å². The van der Waals surface area contributed by atoms with Gasteiger partial charge in [0.25, 0.3) is 0 Å². The van der Waals surface area contributed by atoms with E-state index in [0.29, 0.717) is 4.47 Å². The van der Waals surface area contributed by atoms with Crippen LogP contribution in [0, 0.1) is 0 Å². The standard InChI is InChI=1S/C14H20BrF3N2/c1-3-4-5-6-7-10(2)20-13-12(14(16,17)18)8-11(15)9-19-13/h8-10H,3-7H2,1-2H3,(H,19,20). The van der Waals surface area contributed by atoms with Crippen molar-refractivity contribution >= 4 is 21.7 Å². The molecule has 0 aliphatic carbocycles. The molecule has 0 aliphatic heterocycles. The SMILES string of the molecule is CCCCCCC(C)Nc1ncc(Br)cc1C(F)(F)F. The van der Waals surface area contributed by atoms with Crippen molar-refractivity contribution in [1.82, 2.24) is 4.98 Å². The lowest BCUT2D eigenvalue weighted by atomic mass is 10.1. The van der Waals surface area contributed by atoms with Gasteiger partial charge in [-0.25, -0.2) is 4.98 Å². The van der Waals surface area contributed by atoms with Gasteiger partial charge in [0.1, 0.15) is 5.82 Å². The molecule has 0 aromatic carbocycles. The van der Waals surface area contributed by atoms with Gasteiger partial charge in [0, 0.05) is 16.7 Å². The largest absolute Gasteiger partial charge is 0.419 e. The van der Waals surface area contributed by atoms with Crippen molar-refractivity contribution in [2.45, 2.75) is 58.2 Å². The molecule has 20 heavy (non-hydrogen) atoms. The zero-order valence-electron chi connectivity index (χ0n) is 11.7. The molecule has 0 radical (unpaired) electrons. The number of nitrogens with zero attached hydrogens (tertiary/aromatic N) is 1. The number of halogens is 4. The lowest BCUT2D eigenvalue weighted by molar-refractivity contribution is -0.137. The number of nitrogens with one attached hydrogen (secondary N) is 1. The monoisotopic (exact) mass is 352 g/mol. The van der Waals surface area contributed by atoms with Gasteiger partial charge in [-0.15, -0.1) is 0 Å². The highest BCUT2D eigenvalue weighted by Gasteiger charge is 2.34. The average Bonchev–Trinajstić information content (AvgIpc) is 2.35. The summed E-state index contributed by atoms with van der Waals surface area (Å²) in [5, 5.41) is 2.87. The lowest BCUT2D eigenvalue weighted by Crippen LogP contribution is -2.20. The minimum Gasteiger partial charge on any atom is -0.367 e. The van der Waals surface area contributed by atoms with Gasteiger partial charge in [-0.05, 0) is 35.3 Å². The summed E-state index contributed by atoms with van der Waals surface area (Å²) in [7, 11) is 0. The third kappa shape index (κ3) is 5.69. The van der Waals surface area contributed by atoms with Gasteiger partial charge in [0.05, 0.1) is 5.56 Å². The molecule has 6 heteroatoms. The van der Waals surface area contributed by atoms with E-state index in [2.05, 4.69) is 33.2 Å². The number of unbranched alkanes of at least 4 members (excludes halogenated alkanes) is 3. The molecule has 1 N–H and O–H groups in total. The van der Waals surface area contributed by atoms with Crippen molar-refractivity contribution in [2.75, 3.05) is 5.32 Å². The average molecular weight is 353 g/mol. The van der Waals surface area contributed by atoms with Gasteiger partial charge >= 0.3 is 6.18 Å². The second kappa shape index (κ2) is 7.86. The summed E-state index contributed by atoms with van der Waals surface area (Å²) >= 11 is 3.02. The first-order valence-corrected chi connectivity index (χ1v) is 7.63. The molecule has 1 aromatic rings. The van der Waals surface area contributed by atoms with Crippen molar-refractivity contribution in [1.29, 1.82) is 0 Å². The highest BCUT2D eigenvalue weighted by molar-refractivity contribution is 9.10. The Morgan fingerprint density at radius 1 is 1.30 bits per heavy atom. The maximum Gasteiger partial charge on any atom is 0.419 e. The third-order valence-electron chi connectivity index (χ3n) is 3.03. The van der Waals surface area contributed by atoms with Crippen LogP contribution in [-0.4, -0.2) is 11.0 Å². The predicted molar refractivity (Wildman–Crippen MR) is 78.8 cm³/mol. The number of alkyl halides is 3. The van der Waals surface area contributed by atoms with Crippen LogP contribution in [0.3, 0.4) is 0 Å². The molecule has 2 nitrogen and oxygen atoms in total. The summed E-state index contributed by atoms with van der Waals surface area (Å²) in [6, 6.07) is 1.03. The Balaban J connectivity index is 2.67. The van der Waals surface area contributed by atoms with E-state index in [1.165, 1.54) is 6.20 Å². The molecule has 0 fully saturated rings. The maximum atomic E-state index is 12.9. The minimum absolute atomic E-state index is 0.0263. The Bertz CT molecular complexity index is 421. The number of hydrogen-bond donors (Lipinski definition) is 1. The molecule has 1 unspecified atom stereocenters. The molecule has 0 amide bonds. The highest BCUT2D eigenvalue weighted by Crippen LogP contribution is 2.35. The first-order chi connectivity index (χ1) is 9.34. The van der Waals surface area contributed by atoms with Gasteiger partial charge in [-0.2, -0.15) is 13.2 Å². The van der Waals surface area contributed by atoms with Crippen molar-refractivity contribution in [3.8, 4) is 0 Å². The topological polar surface area (TPSA) is 24.9 Å². The summed E-state index contributed by atoms with van der Waals surface area (Å²) in [4.78, 5) is 3.85. The molecule has 0 spiro atoms. The van der Waals surface area contributed by atoms with E-state index in [4.69, 9.17) is 0 Å². The number of anilines is 1. The van der Waals surface area contributed by atoms with Crippen molar-refractivity contribution in [3.63, 3.8) is 0 Å². The molecule has 114 valence electrons.